The minimum Gasteiger partial charge on any atom is -0.435 e. The van der Waals surface area contributed by atoms with Gasteiger partial charge in [-0.25, -0.2) is 0 Å². The van der Waals surface area contributed by atoms with E-state index in [4.69, 9.17) is 4.74 Å². The fourth-order valence-corrected chi connectivity index (χ4v) is 0.995. The summed E-state index contributed by atoms with van der Waals surface area (Å²) >= 11 is 0. The summed E-state index contributed by atoms with van der Waals surface area (Å²) in [6.07, 6.45) is 1.77. The van der Waals surface area contributed by atoms with Gasteiger partial charge in [0.2, 0.25) is 11.8 Å². The van der Waals surface area contributed by atoms with Gasteiger partial charge >= 0.3 is 6.08 Å². The Kier molecular flexibility index (Phi) is 2.28. The lowest BCUT2D eigenvalue weighted by atomic mass is 10.6. The second-order valence-corrected chi connectivity index (χ2v) is 2.75. The molecule has 0 N–H and O–H groups in total. The Morgan fingerprint density at radius 3 is 2.73 bits per heavy atom. The molecule has 7 heteroatoms. The molecular formula is C8H6F2N4O. The molecule has 0 aliphatic heterocycles. The van der Waals surface area contributed by atoms with Crippen LogP contribution in [0.3, 0.4) is 0 Å². The van der Waals surface area contributed by atoms with Crippen LogP contribution in [0.1, 0.15) is 0 Å². The maximum absolute atomic E-state index is 12.6. The first kappa shape index (κ1) is 9.50. The third-order valence-corrected chi connectivity index (χ3v) is 1.55. The van der Waals surface area contributed by atoms with E-state index in [0.717, 1.165) is 6.07 Å². The molecular weight excluding hydrogens is 206 g/mol. The number of ether oxygens (including phenoxy) is 1. The first-order chi connectivity index (χ1) is 7.13. The summed E-state index contributed by atoms with van der Waals surface area (Å²) in [5.74, 6) is -0.843. The average molecular weight is 212 g/mol. The fourth-order valence-electron chi connectivity index (χ4n) is 0.995. The van der Waals surface area contributed by atoms with Gasteiger partial charge in [-0.2, -0.15) is 23.8 Å². The van der Waals surface area contributed by atoms with E-state index in [1.165, 1.54) is 17.1 Å². The predicted octanol–water partition coefficient (Wildman–Crippen LogP) is 1.28. The van der Waals surface area contributed by atoms with Crippen molar-refractivity contribution in [2.75, 3.05) is 0 Å². The van der Waals surface area contributed by atoms with Crippen LogP contribution in [0.25, 0.3) is 0 Å². The normalized spacial score (nSPS) is 10.3. The number of nitrogens with zero attached hydrogens (tertiary/aromatic N) is 4. The highest BCUT2D eigenvalue weighted by Crippen LogP contribution is 2.18. The summed E-state index contributed by atoms with van der Waals surface area (Å²) in [6, 6.07) is 0.885. The zero-order valence-corrected chi connectivity index (χ0v) is 7.69. The highest BCUT2D eigenvalue weighted by molar-refractivity contribution is 5.20. The van der Waals surface area contributed by atoms with Gasteiger partial charge in [-0.3, -0.25) is 4.68 Å². The van der Waals surface area contributed by atoms with E-state index >= 15 is 0 Å². The Labute approximate surface area is 83.3 Å². The standard InChI is InChI=1S/C8H6F2N4O/c1-14-4-5(3-11-14)15-7-2-6(9)12-8(10)13-7/h2-4H,1H3. The lowest BCUT2D eigenvalue weighted by Crippen LogP contribution is -1.96. The van der Waals surface area contributed by atoms with E-state index in [1.54, 1.807) is 7.05 Å². The minimum atomic E-state index is -1.17. The summed E-state index contributed by atoms with van der Waals surface area (Å²) in [6.45, 7) is 0. The number of aryl methyl sites for hydroxylation is 1. The second kappa shape index (κ2) is 3.60. The summed E-state index contributed by atoms with van der Waals surface area (Å²) in [7, 11) is 1.69. The Balaban J connectivity index is 2.24. The third kappa shape index (κ3) is 2.25. The van der Waals surface area contributed by atoms with E-state index in [9.17, 15) is 8.78 Å². The van der Waals surface area contributed by atoms with Gasteiger partial charge in [0.1, 0.15) is 0 Å². The van der Waals surface area contributed by atoms with Crippen LogP contribution in [0.2, 0.25) is 0 Å². The van der Waals surface area contributed by atoms with Crippen LogP contribution in [0.5, 0.6) is 11.6 Å². The molecule has 0 radical (unpaired) electrons. The quantitative estimate of drug-likeness (QED) is 0.555. The zero-order valence-electron chi connectivity index (χ0n) is 7.69. The molecule has 0 bridgehead atoms. The molecule has 0 unspecified atom stereocenters. The molecule has 78 valence electrons. The summed E-state index contributed by atoms with van der Waals surface area (Å²) in [5, 5.41) is 3.82. The lowest BCUT2D eigenvalue weighted by Gasteiger charge is -2.00. The van der Waals surface area contributed by atoms with Crippen molar-refractivity contribution in [2.24, 2.45) is 7.05 Å². The lowest BCUT2D eigenvalue weighted by molar-refractivity contribution is 0.413. The Morgan fingerprint density at radius 1 is 1.33 bits per heavy atom. The monoisotopic (exact) mass is 212 g/mol. The zero-order chi connectivity index (χ0) is 10.8. The number of halogens is 2. The summed E-state index contributed by atoms with van der Waals surface area (Å²) < 4.78 is 31.8. The van der Waals surface area contributed by atoms with Gasteiger partial charge < -0.3 is 4.74 Å². The van der Waals surface area contributed by atoms with Gasteiger partial charge in [-0.05, 0) is 0 Å². The minimum absolute atomic E-state index is 0.201. The maximum atomic E-state index is 12.6. The number of hydrogen-bond donors (Lipinski definition) is 0. The van der Waals surface area contributed by atoms with Gasteiger partial charge in [0, 0.05) is 7.05 Å². The smallest absolute Gasteiger partial charge is 0.314 e. The summed E-state index contributed by atoms with van der Waals surface area (Å²) in [4.78, 5) is 6.10. The molecule has 2 heterocycles. The van der Waals surface area contributed by atoms with E-state index in [2.05, 4.69) is 15.1 Å². The number of rotatable bonds is 2. The van der Waals surface area contributed by atoms with Gasteiger partial charge in [0.05, 0.1) is 18.5 Å². The predicted molar refractivity (Wildman–Crippen MR) is 45.2 cm³/mol. The highest BCUT2D eigenvalue weighted by Gasteiger charge is 2.06. The molecule has 0 aromatic carbocycles. The second-order valence-electron chi connectivity index (χ2n) is 2.75. The first-order valence-electron chi connectivity index (χ1n) is 4.00. The van der Waals surface area contributed by atoms with E-state index in [1.807, 2.05) is 0 Å². The molecule has 2 rings (SSSR count). The SMILES string of the molecule is Cn1cc(Oc2cc(F)nc(F)n2)cn1. The van der Waals surface area contributed by atoms with Gasteiger partial charge in [0.25, 0.3) is 0 Å². The maximum Gasteiger partial charge on any atom is 0.314 e. The summed E-state index contributed by atoms with van der Waals surface area (Å²) in [5.41, 5.74) is 0. The molecule has 0 saturated heterocycles. The fraction of sp³-hybridized carbons (Fsp3) is 0.125. The van der Waals surface area contributed by atoms with Crippen LogP contribution >= 0.6 is 0 Å². The van der Waals surface area contributed by atoms with Crippen LogP contribution in [0.15, 0.2) is 18.5 Å². The molecule has 2 aromatic rings. The topological polar surface area (TPSA) is 52.8 Å². The van der Waals surface area contributed by atoms with Crippen molar-refractivity contribution in [3.05, 3.63) is 30.5 Å². The molecule has 0 aliphatic rings. The molecule has 2 aromatic heterocycles. The van der Waals surface area contributed by atoms with Crippen molar-refractivity contribution in [3.63, 3.8) is 0 Å². The first-order valence-corrected chi connectivity index (χ1v) is 4.00. The number of hydrogen-bond acceptors (Lipinski definition) is 4. The Bertz CT molecular complexity index is 465. The van der Waals surface area contributed by atoms with Gasteiger partial charge in [-0.15, -0.1) is 0 Å². The van der Waals surface area contributed by atoms with E-state index in [0.29, 0.717) is 5.75 Å². The highest BCUT2D eigenvalue weighted by atomic mass is 19.1. The van der Waals surface area contributed by atoms with Crippen molar-refractivity contribution in [1.29, 1.82) is 0 Å². The molecule has 0 atom stereocenters. The van der Waals surface area contributed by atoms with E-state index < -0.39 is 12.0 Å². The molecule has 0 fully saturated rings. The average Bonchev–Trinajstić information content (AvgIpc) is 2.49. The van der Waals surface area contributed by atoms with Gasteiger partial charge in [0.15, 0.2) is 5.75 Å². The van der Waals surface area contributed by atoms with Crippen molar-refractivity contribution >= 4 is 0 Å². The van der Waals surface area contributed by atoms with Gasteiger partial charge in [-0.1, -0.05) is 0 Å². The third-order valence-electron chi connectivity index (χ3n) is 1.55. The van der Waals surface area contributed by atoms with E-state index in [-0.39, 0.29) is 5.88 Å². The van der Waals surface area contributed by atoms with Crippen LogP contribution in [0, 0.1) is 12.0 Å². The van der Waals surface area contributed by atoms with Crippen LogP contribution in [-0.2, 0) is 7.05 Å². The Hall–Kier alpha value is -2.05. The van der Waals surface area contributed by atoms with Crippen LogP contribution in [0.4, 0.5) is 8.78 Å². The molecule has 15 heavy (non-hydrogen) atoms. The van der Waals surface area contributed by atoms with Crippen LogP contribution in [-0.4, -0.2) is 19.7 Å². The molecule has 0 aliphatic carbocycles. The van der Waals surface area contributed by atoms with Crippen molar-refractivity contribution in [3.8, 4) is 11.6 Å². The van der Waals surface area contributed by atoms with Crippen molar-refractivity contribution in [1.82, 2.24) is 19.7 Å². The Morgan fingerprint density at radius 2 is 2.13 bits per heavy atom. The molecule has 0 amide bonds. The molecule has 0 saturated carbocycles. The molecule has 5 nitrogen and oxygen atoms in total. The number of aromatic nitrogens is 4. The molecule has 0 spiro atoms. The van der Waals surface area contributed by atoms with Crippen molar-refractivity contribution < 1.29 is 13.5 Å². The largest absolute Gasteiger partial charge is 0.435 e. The van der Waals surface area contributed by atoms with Crippen LogP contribution < -0.4 is 4.74 Å². The van der Waals surface area contributed by atoms with Crippen molar-refractivity contribution in [2.45, 2.75) is 0 Å².